The number of hydrogen-bond acceptors (Lipinski definition) is 6. The fourth-order valence-electron chi connectivity index (χ4n) is 2.19. The van der Waals surface area contributed by atoms with Crippen LogP contribution in [0.1, 0.15) is 41.4 Å². The van der Waals surface area contributed by atoms with Gasteiger partial charge in [-0.1, -0.05) is 20.8 Å². The van der Waals surface area contributed by atoms with E-state index in [-0.39, 0.29) is 11.3 Å². The zero-order valence-corrected chi connectivity index (χ0v) is 17.2. The Labute approximate surface area is 160 Å². The first kappa shape index (κ1) is 18.2. The first-order valence-corrected chi connectivity index (χ1v) is 10.6. The van der Waals surface area contributed by atoms with Crippen LogP contribution in [0.2, 0.25) is 0 Å². The van der Waals surface area contributed by atoms with Gasteiger partial charge in [0.1, 0.15) is 0 Å². The molecule has 0 aliphatic heterocycles. The number of rotatable bonds is 5. The molecule has 0 atom stereocenters. The highest BCUT2D eigenvalue weighted by Gasteiger charge is 2.20. The molecule has 3 rings (SSSR count). The summed E-state index contributed by atoms with van der Waals surface area (Å²) >= 11 is 5.02. The van der Waals surface area contributed by atoms with Crippen molar-refractivity contribution in [1.82, 2.24) is 15.3 Å². The molecular weight excluding hydrogens is 370 g/mol. The lowest BCUT2D eigenvalue weighted by molar-refractivity contribution is -0.128. The SMILES string of the molecule is Cc1nc(Cc2nc(-c3ccc(CNC(=O)C(C)(C)C)s3)cs2)cs1. The molecule has 4 nitrogen and oxygen atoms in total. The maximum absolute atomic E-state index is 12.0. The summed E-state index contributed by atoms with van der Waals surface area (Å²) in [5, 5.41) is 9.35. The lowest BCUT2D eigenvalue weighted by Crippen LogP contribution is -2.34. The molecule has 132 valence electrons. The third-order valence-electron chi connectivity index (χ3n) is 3.57. The Morgan fingerprint density at radius 3 is 2.64 bits per heavy atom. The Morgan fingerprint density at radius 1 is 1.16 bits per heavy atom. The Hall–Kier alpha value is -1.57. The van der Waals surface area contributed by atoms with Crippen molar-refractivity contribution in [1.29, 1.82) is 0 Å². The minimum atomic E-state index is -0.363. The van der Waals surface area contributed by atoms with Crippen LogP contribution in [0.4, 0.5) is 0 Å². The first-order chi connectivity index (χ1) is 11.8. The second kappa shape index (κ2) is 7.35. The van der Waals surface area contributed by atoms with Gasteiger partial charge >= 0.3 is 0 Å². The maximum Gasteiger partial charge on any atom is 0.225 e. The Balaban J connectivity index is 1.63. The molecule has 0 aliphatic carbocycles. The zero-order valence-electron chi connectivity index (χ0n) is 14.8. The summed E-state index contributed by atoms with van der Waals surface area (Å²) in [6.07, 6.45) is 0.787. The Kier molecular flexibility index (Phi) is 5.36. The van der Waals surface area contributed by atoms with Gasteiger partial charge in [0, 0.05) is 27.5 Å². The maximum atomic E-state index is 12.0. The van der Waals surface area contributed by atoms with Gasteiger partial charge in [-0.25, -0.2) is 9.97 Å². The molecule has 1 N–H and O–H groups in total. The summed E-state index contributed by atoms with van der Waals surface area (Å²) in [5.74, 6) is 0.0666. The van der Waals surface area contributed by atoms with Gasteiger partial charge in [-0.15, -0.1) is 34.0 Å². The number of aromatic nitrogens is 2. The van der Waals surface area contributed by atoms with Gasteiger partial charge < -0.3 is 5.32 Å². The summed E-state index contributed by atoms with van der Waals surface area (Å²) in [6.45, 7) is 8.34. The first-order valence-electron chi connectivity index (χ1n) is 8.04. The van der Waals surface area contributed by atoms with Crippen LogP contribution in [0.5, 0.6) is 0 Å². The molecule has 25 heavy (non-hydrogen) atoms. The molecule has 7 heteroatoms. The molecule has 3 aromatic heterocycles. The van der Waals surface area contributed by atoms with E-state index in [1.807, 2.05) is 27.7 Å². The molecule has 0 bridgehead atoms. The van der Waals surface area contributed by atoms with Crippen LogP contribution >= 0.6 is 34.0 Å². The largest absolute Gasteiger partial charge is 0.351 e. The average Bonchev–Trinajstić information content (AvgIpc) is 3.25. The van der Waals surface area contributed by atoms with E-state index in [2.05, 4.69) is 33.2 Å². The van der Waals surface area contributed by atoms with Gasteiger partial charge in [0.05, 0.1) is 32.8 Å². The fraction of sp³-hybridized carbons (Fsp3) is 0.389. The minimum Gasteiger partial charge on any atom is -0.351 e. The summed E-state index contributed by atoms with van der Waals surface area (Å²) < 4.78 is 0. The van der Waals surface area contributed by atoms with E-state index in [1.54, 1.807) is 34.0 Å². The number of aryl methyl sites for hydroxylation is 1. The lowest BCUT2D eigenvalue weighted by Gasteiger charge is -2.17. The number of carbonyl (C=O) groups is 1. The van der Waals surface area contributed by atoms with Crippen molar-refractivity contribution in [3.8, 4) is 10.6 Å². The van der Waals surface area contributed by atoms with Gasteiger partial charge in [-0.2, -0.15) is 0 Å². The van der Waals surface area contributed by atoms with Crippen molar-refractivity contribution in [2.45, 2.75) is 40.7 Å². The predicted octanol–water partition coefficient (Wildman–Crippen LogP) is 4.89. The van der Waals surface area contributed by atoms with E-state index < -0.39 is 0 Å². The van der Waals surface area contributed by atoms with E-state index in [1.165, 1.54) is 0 Å². The van der Waals surface area contributed by atoms with Crippen molar-refractivity contribution >= 4 is 39.9 Å². The van der Waals surface area contributed by atoms with E-state index in [4.69, 9.17) is 4.98 Å². The van der Waals surface area contributed by atoms with E-state index in [0.29, 0.717) is 6.54 Å². The van der Waals surface area contributed by atoms with Gasteiger partial charge in [-0.05, 0) is 19.1 Å². The zero-order chi connectivity index (χ0) is 18.0. The predicted molar refractivity (Wildman–Crippen MR) is 106 cm³/mol. The van der Waals surface area contributed by atoms with Crippen molar-refractivity contribution in [2.24, 2.45) is 5.41 Å². The van der Waals surface area contributed by atoms with Crippen LogP contribution in [-0.2, 0) is 17.8 Å². The van der Waals surface area contributed by atoms with Crippen LogP contribution in [-0.4, -0.2) is 15.9 Å². The number of thiophene rings is 1. The molecule has 0 saturated heterocycles. The van der Waals surface area contributed by atoms with Gasteiger partial charge in [0.25, 0.3) is 0 Å². The number of nitrogens with zero attached hydrogens (tertiary/aromatic N) is 2. The molecule has 3 heterocycles. The van der Waals surface area contributed by atoms with Gasteiger partial charge in [-0.3, -0.25) is 4.79 Å². The molecule has 0 fully saturated rings. The summed E-state index contributed by atoms with van der Waals surface area (Å²) in [5.41, 5.74) is 1.73. The number of amides is 1. The highest BCUT2D eigenvalue weighted by Crippen LogP contribution is 2.30. The van der Waals surface area contributed by atoms with Crippen molar-refractivity contribution in [3.63, 3.8) is 0 Å². The van der Waals surface area contributed by atoms with E-state index >= 15 is 0 Å². The number of carbonyl (C=O) groups excluding carboxylic acids is 1. The third kappa shape index (κ3) is 4.74. The average molecular weight is 392 g/mol. The van der Waals surface area contributed by atoms with Crippen LogP contribution in [0, 0.1) is 12.3 Å². The molecule has 0 aromatic carbocycles. The smallest absolute Gasteiger partial charge is 0.225 e. The van der Waals surface area contributed by atoms with E-state index in [9.17, 15) is 4.79 Å². The summed E-state index contributed by atoms with van der Waals surface area (Å²) in [6, 6.07) is 4.14. The van der Waals surface area contributed by atoms with Crippen molar-refractivity contribution in [2.75, 3.05) is 0 Å². The number of thiazole rings is 2. The molecule has 3 aromatic rings. The highest BCUT2D eigenvalue weighted by molar-refractivity contribution is 7.16. The summed E-state index contributed by atoms with van der Waals surface area (Å²) in [4.78, 5) is 23.5. The van der Waals surface area contributed by atoms with Crippen LogP contribution in [0.3, 0.4) is 0 Å². The Morgan fingerprint density at radius 2 is 1.96 bits per heavy atom. The van der Waals surface area contributed by atoms with Gasteiger partial charge in [0.2, 0.25) is 5.91 Å². The monoisotopic (exact) mass is 391 g/mol. The molecule has 0 spiro atoms. The second-order valence-corrected chi connectivity index (χ2v) is 10.0. The van der Waals surface area contributed by atoms with Crippen LogP contribution < -0.4 is 5.32 Å². The Bertz CT molecular complexity index is 870. The van der Waals surface area contributed by atoms with Crippen molar-refractivity contribution in [3.05, 3.63) is 43.5 Å². The van der Waals surface area contributed by atoms with Crippen molar-refractivity contribution < 1.29 is 4.79 Å². The topological polar surface area (TPSA) is 54.9 Å². The molecular formula is C18H21N3OS3. The molecule has 1 amide bonds. The minimum absolute atomic E-state index is 0.0666. The number of hydrogen-bond donors (Lipinski definition) is 1. The molecule has 0 radical (unpaired) electrons. The quantitative estimate of drug-likeness (QED) is 0.674. The molecule has 0 aliphatic rings. The van der Waals surface area contributed by atoms with Crippen LogP contribution in [0.15, 0.2) is 22.9 Å². The second-order valence-electron chi connectivity index (χ2n) is 6.86. The third-order valence-corrected chi connectivity index (χ3v) is 6.35. The fourth-order valence-corrected chi connectivity index (χ4v) is 4.60. The lowest BCUT2D eigenvalue weighted by atomic mass is 9.96. The molecule has 0 unspecified atom stereocenters. The normalized spacial score (nSPS) is 11.7. The standard InChI is InChI=1S/C18H21N3OS3/c1-11-20-12(9-23-11)7-16-21-14(10-24-16)15-6-5-13(25-15)8-19-17(22)18(2,3)4/h5-6,9-10H,7-8H2,1-4H3,(H,19,22). The highest BCUT2D eigenvalue weighted by atomic mass is 32.1. The van der Waals surface area contributed by atoms with E-state index in [0.717, 1.165) is 37.6 Å². The summed E-state index contributed by atoms with van der Waals surface area (Å²) in [7, 11) is 0. The molecule has 0 saturated carbocycles. The van der Waals surface area contributed by atoms with Crippen LogP contribution in [0.25, 0.3) is 10.6 Å². The number of nitrogens with one attached hydrogen (secondary N) is 1. The van der Waals surface area contributed by atoms with Gasteiger partial charge in [0.15, 0.2) is 0 Å².